The first-order valence-corrected chi connectivity index (χ1v) is 10.3. The Morgan fingerprint density at radius 2 is 1.97 bits per heavy atom. The number of aliphatic hydroxyl groups excluding tert-OH is 1. The number of carbonyl (C=O) groups excluding carboxylic acids is 2. The average Bonchev–Trinajstić information content (AvgIpc) is 3.33. The SMILES string of the molecule is CCOc1cc(C2/C(=C(/O)c3c[nH]c4ccccc34)C(=O)C(=O)N2CCOC)ccc1O. The molecule has 8 heteroatoms. The van der Waals surface area contributed by atoms with Gasteiger partial charge in [-0.2, -0.15) is 0 Å². The third kappa shape index (κ3) is 3.58. The van der Waals surface area contributed by atoms with Gasteiger partial charge in [-0.3, -0.25) is 9.59 Å². The van der Waals surface area contributed by atoms with Crippen LogP contribution < -0.4 is 4.74 Å². The number of aromatic amines is 1. The average molecular weight is 436 g/mol. The molecule has 0 aliphatic carbocycles. The van der Waals surface area contributed by atoms with Crippen molar-refractivity contribution in [2.24, 2.45) is 0 Å². The highest BCUT2D eigenvalue weighted by molar-refractivity contribution is 6.46. The Balaban J connectivity index is 1.91. The molecule has 1 fully saturated rings. The molecule has 1 aromatic heterocycles. The molecular formula is C24H24N2O6. The summed E-state index contributed by atoms with van der Waals surface area (Å²) >= 11 is 0. The molecular weight excluding hydrogens is 412 g/mol. The van der Waals surface area contributed by atoms with Crippen molar-refractivity contribution in [3.05, 3.63) is 65.4 Å². The predicted molar refractivity (Wildman–Crippen MR) is 118 cm³/mol. The summed E-state index contributed by atoms with van der Waals surface area (Å²) in [5, 5.41) is 22.1. The number of hydrogen-bond donors (Lipinski definition) is 3. The number of phenolic OH excluding ortho intramolecular Hbond substituents is 1. The van der Waals surface area contributed by atoms with E-state index < -0.39 is 17.7 Å². The molecule has 1 unspecified atom stereocenters. The molecule has 2 heterocycles. The maximum absolute atomic E-state index is 13.1. The molecule has 1 saturated heterocycles. The van der Waals surface area contributed by atoms with Crippen LogP contribution in [0.4, 0.5) is 0 Å². The number of nitrogens with zero attached hydrogens (tertiary/aromatic N) is 1. The first-order chi connectivity index (χ1) is 15.5. The fourth-order valence-electron chi connectivity index (χ4n) is 4.03. The summed E-state index contributed by atoms with van der Waals surface area (Å²) in [7, 11) is 1.51. The molecule has 4 rings (SSSR count). The predicted octanol–water partition coefficient (Wildman–Crippen LogP) is 3.34. The molecule has 3 aromatic rings. The van der Waals surface area contributed by atoms with Gasteiger partial charge in [-0.15, -0.1) is 0 Å². The Labute approximate surface area is 184 Å². The van der Waals surface area contributed by atoms with Crippen LogP contribution in [-0.4, -0.2) is 58.7 Å². The molecule has 8 nitrogen and oxygen atoms in total. The zero-order valence-corrected chi connectivity index (χ0v) is 17.8. The fourth-order valence-corrected chi connectivity index (χ4v) is 4.03. The molecule has 0 radical (unpaired) electrons. The van der Waals surface area contributed by atoms with Crippen LogP contribution in [0, 0.1) is 0 Å². The number of methoxy groups -OCH3 is 1. The lowest BCUT2D eigenvalue weighted by Gasteiger charge is -2.25. The van der Waals surface area contributed by atoms with Crippen molar-refractivity contribution < 1.29 is 29.3 Å². The van der Waals surface area contributed by atoms with E-state index in [2.05, 4.69) is 4.98 Å². The molecule has 0 bridgehead atoms. The highest BCUT2D eigenvalue weighted by Crippen LogP contribution is 2.42. The van der Waals surface area contributed by atoms with Crippen LogP contribution in [0.25, 0.3) is 16.7 Å². The van der Waals surface area contributed by atoms with Gasteiger partial charge in [0.15, 0.2) is 11.5 Å². The van der Waals surface area contributed by atoms with Crippen LogP contribution in [0.5, 0.6) is 11.5 Å². The van der Waals surface area contributed by atoms with Gasteiger partial charge in [0.2, 0.25) is 0 Å². The smallest absolute Gasteiger partial charge is 0.295 e. The number of phenols is 1. The Kier molecular flexibility index (Phi) is 5.87. The Hall–Kier alpha value is -3.78. The van der Waals surface area contributed by atoms with Gasteiger partial charge in [0.25, 0.3) is 11.7 Å². The number of ether oxygens (including phenoxy) is 2. The third-order valence-electron chi connectivity index (χ3n) is 5.52. The van der Waals surface area contributed by atoms with Gasteiger partial charge in [0, 0.05) is 36.3 Å². The summed E-state index contributed by atoms with van der Waals surface area (Å²) in [5.41, 5.74) is 1.73. The lowest BCUT2D eigenvalue weighted by Crippen LogP contribution is -2.32. The molecule has 1 amide bonds. The minimum Gasteiger partial charge on any atom is -0.507 e. The number of hydrogen-bond acceptors (Lipinski definition) is 6. The summed E-state index contributed by atoms with van der Waals surface area (Å²) in [6.07, 6.45) is 1.61. The molecule has 166 valence electrons. The van der Waals surface area contributed by atoms with E-state index in [0.29, 0.717) is 17.7 Å². The number of H-pyrrole nitrogens is 1. The Morgan fingerprint density at radius 3 is 2.72 bits per heavy atom. The van der Waals surface area contributed by atoms with Gasteiger partial charge in [-0.1, -0.05) is 24.3 Å². The van der Waals surface area contributed by atoms with Crippen molar-refractivity contribution in [2.45, 2.75) is 13.0 Å². The second-order valence-corrected chi connectivity index (χ2v) is 7.39. The minimum absolute atomic E-state index is 0.0241. The number of carbonyl (C=O) groups is 2. The summed E-state index contributed by atoms with van der Waals surface area (Å²) in [4.78, 5) is 30.4. The first-order valence-electron chi connectivity index (χ1n) is 10.3. The summed E-state index contributed by atoms with van der Waals surface area (Å²) in [6, 6.07) is 11.1. The highest BCUT2D eigenvalue weighted by atomic mass is 16.5. The van der Waals surface area contributed by atoms with Crippen molar-refractivity contribution in [3.63, 3.8) is 0 Å². The Morgan fingerprint density at radius 1 is 1.19 bits per heavy atom. The van der Waals surface area contributed by atoms with E-state index in [1.807, 2.05) is 24.3 Å². The molecule has 1 aliphatic rings. The minimum atomic E-state index is -0.862. The molecule has 32 heavy (non-hydrogen) atoms. The third-order valence-corrected chi connectivity index (χ3v) is 5.52. The van der Waals surface area contributed by atoms with Crippen molar-refractivity contribution in [1.29, 1.82) is 0 Å². The number of fused-ring (bicyclic) bond motifs is 1. The maximum Gasteiger partial charge on any atom is 0.295 e. The normalized spacial score (nSPS) is 17.9. The van der Waals surface area contributed by atoms with Gasteiger partial charge in [-0.25, -0.2) is 0 Å². The molecule has 1 atom stereocenters. The highest BCUT2D eigenvalue weighted by Gasteiger charge is 2.46. The number of ketones is 1. The number of nitrogens with one attached hydrogen (secondary N) is 1. The van der Waals surface area contributed by atoms with Crippen molar-refractivity contribution in [2.75, 3.05) is 26.9 Å². The molecule has 0 saturated carbocycles. The summed E-state index contributed by atoms with van der Waals surface area (Å²) in [5.74, 6) is -1.59. The molecule has 2 aromatic carbocycles. The zero-order chi connectivity index (χ0) is 22.8. The second-order valence-electron chi connectivity index (χ2n) is 7.39. The van der Waals surface area contributed by atoms with Crippen LogP contribution in [0.15, 0.2) is 54.2 Å². The quantitative estimate of drug-likeness (QED) is 0.298. The standard InChI is InChI=1S/C24H24N2O6/c1-3-32-19-12-14(8-9-18(19)27)21-20(23(29)24(30)26(21)10-11-31-2)22(28)16-13-25-17-7-5-4-6-15(16)17/h4-9,12-13,21,25,27-28H,3,10-11H2,1-2H3/b22-20-. The number of amides is 1. The number of aromatic hydroxyl groups is 1. The van der Waals surface area contributed by atoms with E-state index in [9.17, 15) is 19.8 Å². The number of para-hydroxylation sites is 1. The number of Topliss-reactive ketones (excluding diaryl/α,β-unsaturated/α-hetero) is 1. The van der Waals surface area contributed by atoms with Gasteiger partial charge in [0.1, 0.15) is 5.76 Å². The number of likely N-dealkylation sites (tertiary alicyclic amines) is 1. The van der Waals surface area contributed by atoms with Gasteiger partial charge < -0.3 is 29.6 Å². The fraction of sp³-hybridized carbons (Fsp3) is 0.250. The van der Waals surface area contributed by atoms with Gasteiger partial charge in [-0.05, 0) is 30.7 Å². The lowest BCUT2D eigenvalue weighted by atomic mass is 9.95. The topological polar surface area (TPSA) is 112 Å². The number of aliphatic hydroxyl groups is 1. The van der Waals surface area contributed by atoms with Crippen molar-refractivity contribution in [3.8, 4) is 11.5 Å². The molecule has 1 aliphatic heterocycles. The van der Waals surface area contributed by atoms with Crippen LogP contribution in [0.3, 0.4) is 0 Å². The van der Waals surface area contributed by atoms with Crippen molar-refractivity contribution in [1.82, 2.24) is 9.88 Å². The lowest BCUT2D eigenvalue weighted by molar-refractivity contribution is -0.140. The van der Waals surface area contributed by atoms with Crippen LogP contribution in [0.2, 0.25) is 0 Å². The van der Waals surface area contributed by atoms with Crippen LogP contribution >= 0.6 is 0 Å². The van der Waals surface area contributed by atoms with E-state index >= 15 is 0 Å². The summed E-state index contributed by atoms with van der Waals surface area (Å²) < 4.78 is 10.6. The largest absolute Gasteiger partial charge is 0.507 e. The van der Waals surface area contributed by atoms with Crippen LogP contribution in [-0.2, 0) is 14.3 Å². The first kappa shape index (κ1) is 21.5. The maximum atomic E-state index is 13.1. The second kappa shape index (κ2) is 8.76. The monoisotopic (exact) mass is 436 g/mol. The van der Waals surface area contributed by atoms with Gasteiger partial charge in [0.05, 0.1) is 24.8 Å². The summed E-state index contributed by atoms with van der Waals surface area (Å²) in [6.45, 7) is 2.48. The van der Waals surface area contributed by atoms with Crippen LogP contribution in [0.1, 0.15) is 24.1 Å². The molecule has 3 N–H and O–H groups in total. The van der Waals surface area contributed by atoms with E-state index in [4.69, 9.17) is 9.47 Å². The van der Waals surface area contributed by atoms with E-state index in [1.54, 1.807) is 25.3 Å². The zero-order valence-electron chi connectivity index (χ0n) is 17.8. The van der Waals surface area contributed by atoms with Gasteiger partial charge >= 0.3 is 0 Å². The van der Waals surface area contributed by atoms with E-state index in [-0.39, 0.29) is 36.0 Å². The Bertz CT molecular complexity index is 1210. The van der Waals surface area contributed by atoms with E-state index in [1.165, 1.54) is 18.1 Å². The van der Waals surface area contributed by atoms with E-state index in [0.717, 1.165) is 10.9 Å². The number of benzene rings is 2. The molecule has 0 spiro atoms. The van der Waals surface area contributed by atoms with Crippen molar-refractivity contribution >= 4 is 28.4 Å². The number of aromatic nitrogens is 1. The number of rotatable bonds is 7.